The van der Waals surface area contributed by atoms with Crippen LogP contribution < -0.4 is 24.8 Å². The van der Waals surface area contributed by atoms with Crippen molar-refractivity contribution >= 4 is 29.9 Å². The standard InChI is InChI=1S/C18H31N3O3.HI/c1-7-19-18(20-9-8-13(2)3)21-12-14-10-15(22-4)17(24-6)16(11-14)23-5;/h10-11,13H,7-9,12H2,1-6H3,(H2,19,20,21);1H. The predicted octanol–water partition coefficient (Wildman–Crippen LogP) is 3.43. The van der Waals surface area contributed by atoms with Crippen LogP contribution in [0.1, 0.15) is 32.8 Å². The summed E-state index contributed by atoms with van der Waals surface area (Å²) in [6.07, 6.45) is 1.11. The highest BCUT2D eigenvalue weighted by atomic mass is 127. The molecule has 2 N–H and O–H groups in total. The molecule has 25 heavy (non-hydrogen) atoms. The van der Waals surface area contributed by atoms with Crippen molar-refractivity contribution in [1.29, 1.82) is 0 Å². The minimum atomic E-state index is 0. The zero-order valence-corrected chi connectivity index (χ0v) is 18.5. The minimum absolute atomic E-state index is 0. The molecule has 0 unspecified atom stereocenters. The van der Waals surface area contributed by atoms with Gasteiger partial charge >= 0.3 is 0 Å². The normalized spacial score (nSPS) is 10.9. The van der Waals surface area contributed by atoms with Crippen molar-refractivity contribution in [2.24, 2.45) is 10.9 Å². The molecular weight excluding hydrogens is 433 g/mol. The number of ether oxygens (including phenoxy) is 3. The molecule has 0 spiro atoms. The van der Waals surface area contributed by atoms with Gasteiger partial charge in [0.2, 0.25) is 5.75 Å². The molecule has 0 aliphatic rings. The molecule has 1 aromatic rings. The predicted molar refractivity (Wildman–Crippen MR) is 114 cm³/mol. The van der Waals surface area contributed by atoms with Gasteiger partial charge in [-0.15, -0.1) is 24.0 Å². The molecule has 0 aromatic heterocycles. The lowest BCUT2D eigenvalue weighted by Crippen LogP contribution is -2.38. The summed E-state index contributed by atoms with van der Waals surface area (Å²) >= 11 is 0. The highest BCUT2D eigenvalue weighted by molar-refractivity contribution is 14.0. The Hall–Kier alpha value is -1.38. The number of halogens is 1. The van der Waals surface area contributed by atoms with Crippen LogP contribution in [0.15, 0.2) is 17.1 Å². The first-order valence-corrected chi connectivity index (χ1v) is 8.36. The average Bonchev–Trinajstić information content (AvgIpc) is 2.58. The number of nitrogens with zero attached hydrogens (tertiary/aromatic N) is 1. The van der Waals surface area contributed by atoms with E-state index in [1.54, 1.807) is 21.3 Å². The number of methoxy groups -OCH3 is 3. The molecule has 1 aromatic carbocycles. The summed E-state index contributed by atoms with van der Waals surface area (Å²) in [6, 6.07) is 3.84. The number of rotatable bonds is 9. The highest BCUT2D eigenvalue weighted by Crippen LogP contribution is 2.38. The van der Waals surface area contributed by atoms with E-state index in [-0.39, 0.29) is 24.0 Å². The summed E-state index contributed by atoms with van der Waals surface area (Å²) in [5.41, 5.74) is 0.991. The summed E-state index contributed by atoms with van der Waals surface area (Å²) in [6.45, 7) is 8.72. The van der Waals surface area contributed by atoms with Crippen molar-refractivity contribution in [3.63, 3.8) is 0 Å². The van der Waals surface area contributed by atoms with Gasteiger partial charge in [0.05, 0.1) is 27.9 Å². The van der Waals surface area contributed by atoms with Crippen LogP contribution in [-0.4, -0.2) is 40.4 Å². The van der Waals surface area contributed by atoms with Crippen molar-refractivity contribution in [3.05, 3.63) is 17.7 Å². The molecule has 0 aliphatic heterocycles. The molecule has 0 bridgehead atoms. The van der Waals surface area contributed by atoms with Crippen LogP contribution in [0.25, 0.3) is 0 Å². The fourth-order valence-corrected chi connectivity index (χ4v) is 2.22. The Morgan fingerprint density at radius 2 is 1.64 bits per heavy atom. The van der Waals surface area contributed by atoms with Gasteiger partial charge in [0.25, 0.3) is 0 Å². The van der Waals surface area contributed by atoms with Gasteiger partial charge in [0.15, 0.2) is 17.5 Å². The van der Waals surface area contributed by atoms with E-state index in [1.165, 1.54) is 0 Å². The average molecular weight is 465 g/mol. The third kappa shape index (κ3) is 8.02. The maximum absolute atomic E-state index is 5.38. The maximum atomic E-state index is 5.38. The van der Waals surface area contributed by atoms with Crippen LogP contribution in [0.2, 0.25) is 0 Å². The van der Waals surface area contributed by atoms with E-state index in [2.05, 4.69) is 36.4 Å². The van der Waals surface area contributed by atoms with Crippen LogP contribution in [-0.2, 0) is 6.54 Å². The van der Waals surface area contributed by atoms with Crippen LogP contribution in [0.5, 0.6) is 17.2 Å². The van der Waals surface area contributed by atoms with Crippen LogP contribution in [0, 0.1) is 5.92 Å². The number of aliphatic imine (C=N–C) groups is 1. The van der Waals surface area contributed by atoms with E-state index in [0.29, 0.717) is 29.7 Å². The Balaban J connectivity index is 0.00000576. The molecule has 1 rings (SSSR count). The fourth-order valence-electron chi connectivity index (χ4n) is 2.22. The van der Waals surface area contributed by atoms with E-state index in [0.717, 1.165) is 31.0 Å². The van der Waals surface area contributed by atoms with E-state index in [1.807, 2.05) is 12.1 Å². The van der Waals surface area contributed by atoms with E-state index in [4.69, 9.17) is 14.2 Å². The van der Waals surface area contributed by atoms with Crippen molar-refractivity contribution in [3.8, 4) is 17.2 Å². The Morgan fingerprint density at radius 3 is 2.08 bits per heavy atom. The monoisotopic (exact) mass is 465 g/mol. The van der Waals surface area contributed by atoms with Gasteiger partial charge in [-0.3, -0.25) is 0 Å². The Kier molecular flexibility index (Phi) is 12.2. The van der Waals surface area contributed by atoms with Gasteiger partial charge in [-0.2, -0.15) is 0 Å². The summed E-state index contributed by atoms with van der Waals surface area (Å²) < 4.78 is 16.1. The van der Waals surface area contributed by atoms with Crippen LogP contribution >= 0.6 is 24.0 Å². The van der Waals surface area contributed by atoms with Crippen molar-refractivity contribution in [2.45, 2.75) is 33.7 Å². The molecule has 0 atom stereocenters. The lowest BCUT2D eigenvalue weighted by atomic mass is 10.1. The second-order valence-corrected chi connectivity index (χ2v) is 5.84. The first-order valence-electron chi connectivity index (χ1n) is 8.36. The van der Waals surface area contributed by atoms with Gasteiger partial charge in [0, 0.05) is 13.1 Å². The van der Waals surface area contributed by atoms with Crippen molar-refractivity contribution < 1.29 is 14.2 Å². The third-order valence-corrected chi connectivity index (χ3v) is 3.50. The van der Waals surface area contributed by atoms with Gasteiger partial charge in [-0.05, 0) is 37.0 Å². The molecule has 7 heteroatoms. The summed E-state index contributed by atoms with van der Waals surface area (Å²) in [4.78, 5) is 4.63. The molecule has 0 saturated carbocycles. The van der Waals surface area contributed by atoms with Crippen LogP contribution in [0.4, 0.5) is 0 Å². The first-order chi connectivity index (χ1) is 11.5. The quantitative estimate of drug-likeness (QED) is 0.333. The SMILES string of the molecule is CCNC(=NCc1cc(OC)c(OC)c(OC)c1)NCCC(C)C.I. The Bertz CT molecular complexity index is 511. The van der Waals surface area contributed by atoms with E-state index >= 15 is 0 Å². The molecule has 0 radical (unpaired) electrons. The largest absolute Gasteiger partial charge is 0.493 e. The number of hydrogen-bond donors (Lipinski definition) is 2. The van der Waals surface area contributed by atoms with E-state index < -0.39 is 0 Å². The van der Waals surface area contributed by atoms with Gasteiger partial charge < -0.3 is 24.8 Å². The topological polar surface area (TPSA) is 64.1 Å². The molecule has 0 saturated heterocycles. The number of benzene rings is 1. The summed E-state index contributed by atoms with van der Waals surface area (Å²) in [5.74, 6) is 3.34. The lowest BCUT2D eigenvalue weighted by molar-refractivity contribution is 0.324. The first kappa shape index (κ1) is 23.6. The van der Waals surface area contributed by atoms with Crippen molar-refractivity contribution in [2.75, 3.05) is 34.4 Å². The lowest BCUT2D eigenvalue weighted by Gasteiger charge is -2.14. The number of nitrogens with one attached hydrogen (secondary N) is 2. The summed E-state index contributed by atoms with van der Waals surface area (Å²) in [7, 11) is 4.82. The molecule has 0 heterocycles. The zero-order chi connectivity index (χ0) is 17.9. The maximum Gasteiger partial charge on any atom is 0.203 e. The Labute approximate surface area is 168 Å². The summed E-state index contributed by atoms with van der Waals surface area (Å²) in [5, 5.41) is 6.61. The highest BCUT2D eigenvalue weighted by Gasteiger charge is 2.13. The molecular formula is C18H32IN3O3. The van der Waals surface area contributed by atoms with Crippen LogP contribution in [0.3, 0.4) is 0 Å². The van der Waals surface area contributed by atoms with Crippen molar-refractivity contribution in [1.82, 2.24) is 10.6 Å². The van der Waals surface area contributed by atoms with Gasteiger partial charge in [-0.1, -0.05) is 13.8 Å². The third-order valence-electron chi connectivity index (χ3n) is 3.50. The molecule has 0 aliphatic carbocycles. The second-order valence-electron chi connectivity index (χ2n) is 5.84. The molecule has 6 nitrogen and oxygen atoms in total. The number of guanidine groups is 1. The Morgan fingerprint density at radius 1 is 1.04 bits per heavy atom. The van der Waals surface area contributed by atoms with Gasteiger partial charge in [-0.25, -0.2) is 4.99 Å². The van der Waals surface area contributed by atoms with E-state index in [9.17, 15) is 0 Å². The zero-order valence-electron chi connectivity index (χ0n) is 16.1. The number of hydrogen-bond acceptors (Lipinski definition) is 4. The molecule has 0 amide bonds. The fraction of sp³-hybridized carbons (Fsp3) is 0.611. The molecule has 0 fully saturated rings. The molecule has 144 valence electrons. The second kappa shape index (κ2) is 12.9. The van der Waals surface area contributed by atoms with Gasteiger partial charge in [0.1, 0.15) is 0 Å². The smallest absolute Gasteiger partial charge is 0.203 e. The minimum Gasteiger partial charge on any atom is -0.493 e.